The molecule has 0 spiro atoms. The molecule has 0 unspecified atom stereocenters. The van der Waals surface area contributed by atoms with Gasteiger partial charge in [0.25, 0.3) is 0 Å². The first-order chi connectivity index (χ1) is 10.1. The van der Waals surface area contributed by atoms with Gasteiger partial charge in [-0.05, 0) is 30.9 Å². The van der Waals surface area contributed by atoms with Crippen molar-refractivity contribution in [2.24, 2.45) is 5.92 Å². The summed E-state index contributed by atoms with van der Waals surface area (Å²) in [5.74, 6) is 1.22. The van der Waals surface area contributed by atoms with Gasteiger partial charge in [-0.2, -0.15) is 0 Å². The highest BCUT2D eigenvalue weighted by Gasteiger charge is 2.20. The van der Waals surface area contributed by atoms with Gasteiger partial charge < -0.3 is 14.2 Å². The van der Waals surface area contributed by atoms with Crippen LogP contribution in [0.15, 0.2) is 23.1 Å². The topological polar surface area (TPSA) is 73.9 Å². The molecule has 1 saturated heterocycles. The van der Waals surface area contributed by atoms with Crippen molar-refractivity contribution in [3.05, 3.63) is 18.2 Å². The highest BCUT2D eigenvalue weighted by molar-refractivity contribution is 7.89. The van der Waals surface area contributed by atoms with E-state index in [0.717, 1.165) is 12.8 Å². The fourth-order valence-electron chi connectivity index (χ4n) is 2.25. The Morgan fingerprint density at radius 3 is 2.48 bits per heavy atom. The van der Waals surface area contributed by atoms with E-state index in [9.17, 15) is 8.42 Å². The predicted molar refractivity (Wildman–Crippen MR) is 78.3 cm³/mol. The molecule has 1 heterocycles. The smallest absolute Gasteiger partial charge is 0.240 e. The van der Waals surface area contributed by atoms with Gasteiger partial charge in [-0.15, -0.1) is 0 Å². The first-order valence-corrected chi connectivity index (χ1v) is 8.34. The van der Waals surface area contributed by atoms with E-state index in [1.54, 1.807) is 6.07 Å². The minimum atomic E-state index is -3.54. The van der Waals surface area contributed by atoms with Crippen molar-refractivity contribution in [1.82, 2.24) is 4.72 Å². The van der Waals surface area contributed by atoms with E-state index in [-0.39, 0.29) is 4.90 Å². The molecular weight excluding hydrogens is 294 g/mol. The number of hydrogen-bond donors (Lipinski definition) is 1. The van der Waals surface area contributed by atoms with E-state index in [2.05, 4.69) is 4.72 Å². The molecule has 1 aromatic carbocycles. The van der Waals surface area contributed by atoms with Gasteiger partial charge >= 0.3 is 0 Å². The SMILES string of the molecule is COc1ccc(S(=O)(=O)NCC2CCOCC2)cc1OC. The van der Waals surface area contributed by atoms with Crippen LogP contribution in [-0.2, 0) is 14.8 Å². The molecule has 21 heavy (non-hydrogen) atoms. The number of rotatable bonds is 6. The molecule has 1 aliphatic heterocycles. The summed E-state index contributed by atoms with van der Waals surface area (Å²) in [7, 11) is -0.558. The molecule has 0 aromatic heterocycles. The highest BCUT2D eigenvalue weighted by Crippen LogP contribution is 2.29. The number of benzene rings is 1. The zero-order valence-electron chi connectivity index (χ0n) is 12.3. The van der Waals surface area contributed by atoms with Crippen LogP contribution in [0.5, 0.6) is 11.5 Å². The monoisotopic (exact) mass is 315 g/mol. The molecule has 2 rings (SSSR count). The lowest BCUT2D eigenvalue weighted by Crippen LogP contribution is -2.32. The summed E-state index contributed by atoms with van der Waals surface area (Å²) in [4.78, 5) is 0.173. The lowest BCUT2D eigenvalue weighted by molar-refractivity contribution is 0.0678. The minimum absolute atomic E-state index is 0.173. The maximum absolute atomic E-state index is 12.3. The third-order valence-corrected chi connectivity index (χ3v) is 4.99. The molecular formula is C14H21NO5S. The maximum Gasteiger partial charge on any atom is 0.240 e. The fraction of sp³-hybridized carbons (Fsp3) is 0.571. The Labute approximate surface area is 125 Å². The van der Waals surface area contributed by atoms with Crippen molar-refractivity contribution in [2.45, 2.75) is 17.7 Å². The quantitative estimate of drug-likeness (QED) is 0.859. The van der Waals surface area contributed by atoms with E-state index in [0.29, 0.717) is 37.2 Å². The van der Waals surface area contributed by atoms with Crippen LogP contribution >= 0.6 is 0 Å². The molecule has 0 atom stereocenters. The van der Waals surface area contributed by atoms with Gasteiger partial charge in [0.1, 0.15) is 0 Å². The Morgan fingerprint density at radius 2 is 1.86 bits per heavy atom. The van der Waals surface area contributed by atoms with Crippen molar-refractivity contribution in [2.75, 3.05) is 34.0 Å². The van der Waals surface area contributed by atoms with Gasteiger partial charge in [-0.25, -0.2) is 13.1 Å². The number of nitrogens with one attached hydrogen (secondary N) is 1. The lowest BCUT2D eigenvalue weighted by Gasteiger charge is -2.22. The van der Waals surface area contributed by atoms with Gasteiger partial charge in [-0.3, -0.25) is 0 Å². The van der Waals surface area contributed by atoms with E-state index in [4.69, 9.17) is 14.2 Å². The van der Waals surface area contributed by atoms with Crippen molar-refractivity contribution >= 4 is 10.0 Å². The second-order valence-electron chi connectivity index (χ2n) is 4.92. The van der Waals surface area contributed by atoms with Crippen LogP contribution in [0.2, 0.25) is 0 Å². The van der Waals surface area contributed by atoms with Gasteiger partial charge in [0.05, 0.1) is 19.1 Å². The van der Waals surface area contributed by atoms with E-state index in [1.165, 1.54) is 26.4 Å². The Balaban J connectivity index is 2.07. The Kier molecular flexibility index (Phi) is 5.44. The van der Waals surface area contributed by atoms with E-state index < -0.39 is 10.0 Å². The van der Waals surface area contributed by atoms with Gasteiger partial charge in [0, 0.05) is 25.8 Å². The third kappa shape index (κ3) is 4.09. The fourth-order valence-corrected chi connectivity index (χ4v) is 3.38. The van der Waals surface area contributed by atoms with Crippen molar-refractivity contribution < 1.29 is 22.6 Å². The molecule has 7 heteroatoms. The third-order valence-electron chi connectivity index (χ3n) is 3.57. The summed E-state index contributed by atoms with van der Waals surface area (Å²) in [5.41, 5.74) is 0. The zero-order chi connectivity index (χ0) is 15.3. The summed E-state index contributed by atoms with van der Waals surface area (Å²) in [6, 6.07) is 4.56. The normalized spacial score (nSPS) is 16.7. The number of sulfonamides is 1. The molecule has 6 nitrogen and oxygen atoms in total. The summed E-state index contributed by atoms with van der Waals surface area (Å²) < 4.78 is 42.8. The average molecular weight is 315 g/mol. The van der Waals surface area contributed by atoms with E-state index in [1.807, 2.05) is 0 Å². The van der Waals surface area contributed by atoms with Crippen molar-refractivity contribution in [3.63, 3.8) is 0 Å². The molecule has 1 fully saturated rings. The zero-order valence-corrected chi connectivity index (χ0v) is 13.1. The summed E-state index contributed by atoms with van der Waals surface area (Å²) in [6.45, 7) is 1.82. The van der Waals surface area contributed by atoms with Crippen LogP contribution in [-0.4, -0.2) is 42.4 Å². The Bertz CT molecular complexity index is 567. The second kappa shape index (κ2) is 7.11. The Morgan fingerprint density at radius 1 is 1.19 bits per heavy atom. The standard InChI is InChI=1S/C14H21NO5S/c1-18-13-4-3-12(9-14(13)19-2)21(16,17)15-10-11-5-7-20-8-6-11/h3-4,9,11,15H,5-8,10H2,1-2H3. The lowest BCUT2D eigenvalue weighted by atomic mass is 10.0. The number of methoxy groups -OCH3 is 2. The summed E-state index contributed by atoms with van der Waals surface area (Å²) >= 11 is 0. The molecule has 0 saturated carbocycles. The van der Waals surface area contributed by atoms with Crippen LogP contribution in [0.3, 0.4) is 0 Å². The van der Waals surface area contributed by atoms with Crippen molar-refractivity contribution in [1.29, 1.82) is 0 Å². The largest absolute Gasteiger partial charge is 0.493 e. The summed E-state index contributed by atoms with van der Waals surface area (Å²) in [5, 5.41) is 0. The molecule has 118 valence electrons. The second-order valence-corrected chi connectivity index (χ2v) is 6.69. The molecule has 0 bridgehead atoms. The van der Waals surface area contributed by atoms with Crippen LogP contribution in [0.1, 0.15) is 12.8 Å². The summed E-state index contributed by atoms with van der Waals surface area (Å²) in [6.07, 6.45) is 1.77. The highest BCUT2D eigenvalue weighted by atomic mass is 32.2. The van der Waals surface area contributed by atoms with Gasteiger partial charge in [0.2, 0.25) is 10.0 Å². The van der Waals surface area contributed by atoms with Gasteiger partial charge in [-0.1, -0.05) is 0 Å². The van der Waals surface area contributed by atoms with Crippen LogP contribution in [0.25, 0.3) is 0 Å². The first kappa shape index (κ1) is 16.1. The Hall–Kier alpha value is -1.31. The molecule has 1 aromatic rings. The molecule has 1 aliphatic rings. The average Bonchev–Trinajstić information content (AvgIpc) is 2.53. The van der Waals surface area contributed by atoms with Gasteiger partial charge in [0.15, 0.2) is 11.5 Å². The molecule has 1 N–H and O–H groups in total. The predicted octanol–water partition coefficient (Wildman–Crippen LogP) is 1.41. The minimum Gasteiger partial charge on any atom is -0.493 e. The molecule has 0 radical (unpaired) electrons. The molecule has 0 amide bonds. The first-order valence-electron chi connectivity index (χ1n) is 6.86. The molecule has 0 aliphatic carbocycles. The van der Waals surface area contributed by atoms with Crippen LogP contribution in [0, 0.1) is 5.92 Å². The van der Waals surface area contributed by atoms with Crippen LogP contribution in [0.4, 0.5) is 0 Å². The number of hydrogen-bond acceptors (Lipinski definition) is 5. The number of ether oxygens (including phenoxy) is 3. The van der Waals surface area contributed by atoms with Crippen LogP contribution < -0.4 is 14.2 Å². The van der Waals surface area contributed by atoms with Crippen molar-refractivity contribution in [3.8, 4) is 11.5 Å². The van der Waals surface area contributed by atoms with E-state index >= 15 is 0 Å². The maximum atomic E-state index is 12.3.